The number of hydrogen-bond acceptors (Lipinski definition) is 5. The van der Waals surface area contributed by atoms with Crippen LogP contribution in [-0.4, -0.2) is 40.8 Å². The van der Waals surface area contributed by atoms with Crippen molar-refractivity contribution in [2.24, 2.45) is 5.92 Å². The molecule has 1 saturated carbocycles. The van der Waals surface area contributed by atoms with Crippen molar-refractivity contribution in [3.8, 4) is 6.19 Å². The highest BCUT2D eigenvalue weighted by atomic mass is 16.2. The Labute approximate surface area is 208 Å². The van der Waals surface area contributed by atoms with E-state index in [-0.39, 0.29) is 29.2 Å². The number of rotatable bonds is 6. The SMILES string of the molecule is CC(C)(C)c1ccc(N(C(=O)C2CN(C#N)C2)C(C(=O)NC2CCCCC2)c2cccnc2)cc1. The minimum absolute atomic E-state index is 0.0320. The van der Waals surface area contributed by atoms with Gasteiger partial charge in [0.05, 0.1) is 5.92 Å². The van der Waals surface area contributed by atoms with Gasteiger partial charge in [0.1, 0.15) is 6.04 Å². The summed E-state index contributed by atoms with van der Waals surface area (Å²) in [7, 11) is 0. The number of carbonyl (C=O) groups is 2. The maximum absolute atomic E-state index is 13.9. The van der Waals surface area contributed by atoms with Crippen LogP contribution in [0.15, 0.2) is 48.8 Å². The maximum atomic E-state index is 13.9. The van der Waals surface area contributed by atoms with E-state index in [1.807, 2.05) is 30.3 Å². The number of pyridine rings is 1. The van der Waals surface area contributed by atoms with Gasteiger partial charge in [0, 0.05) is 42.8 Å². The Hall–Kier alpha value is -3.40. The van der Waals surface area contributed by atoms with Crippen molar-refractivity contribution in [3.63, 3.8) is 0 Å². The molecule has 1 aliphatic carbocycles. The Morgan fingerprint density at radius 2 is 1.80 bits per heavy atom. The fourth-order valence-corrected chi connectivity index (χ4v) is 4.92. The molecule has 0 spiro atoms. The van der Waals surface area contributed by atoms with Gasteiger partial charge < -0.3 is 10.2 Å². The van der Waals surface area contributed by atoms with Crippen LogP contribution in [0.2, 0.25) is 0 Å². The minimum atomic E-state index is -0.838. The summed E-state index contributed by atoms with van der Waals surface area (Å²) in [5, 5.41) is 12.4. The van der Waals surface area contributed by atoms with Gasteiger partial charge in [-0.15, -0.1) is 0 Å². The van der Waals surface area contributed by atoms with Crippen molar-refractivity contribution in [2.75, 3.05) is 18.0 Å². The standard InChI is InChI=1S/C28H35N5O2/c1-28(2,3)22-11-13-24(14-12-22)33(27(35)21-17-32(18-21)19-29)25(20-8-7-15-30-16-20)26(34)31-23-9-5-4-6-10-23/h7-8,11-16,21,23,25H,4-6,9-10,17-18H2,1-3H3,(H,31,34). The summed E-state index contributed by atoms with van der Waals surface area (Å²) >= 11 is 0. The van der Waals surface area contributed by atoms with Crippen molar-refractivity contribution in [3.05, 3.63) is 59.9 Å². The number of carbonyl (C=O) groups excluding carboxylic acids is 2. The normalized spacial score (nSPS) is 17.7. The molecule has 2 amide bonds. The van der Waals surface area contributed by atoms with Gasteiger partial charge in [0.2, 0.25) is 11.8 Å². The highest BCUT2D eigenvalue weighted by Gasteiger charge is 2.41. The minimum Gasteiger partial charge on any atom is -0.351 e. The van der Waals surface area contributed by atoms with E-state index in [2.05, 4.69) is 37.3 Å². The highest BCUT2D eigenvalue weighted by molar-refractivity contribution is 6.03. The summed E-state index contributed by atoms with van der Waals surface area (Å²) in [6, 6.07) is 10.8. The zero-order valence-electron chi connectivity index (χ0n) is 20.9. The first-order valence-corrected chi connectivity index (χ1v) is 12.6. The summed E-state index contributed by atoms with van der Waals surface area (Å²) in [5.41, 5.74) is 2.46. The van der Waals surface area contributed by atoms with Gasteiger partial charge in [-0.25, -0.2) is 0 Å². The highest BCUT2D eigenvalue weighted by Crippen LogP contribution is 2.33. The number of aromatic nitrogens is 1. The van der Waals surface area contributed by atoms with Crippen molar-refractivity contribution in [1.29, 1.82) is 5.26 Å². The molecule has 4 rings (SSSR count). The molecule has 1 unspecified atom stereocenters. The molecule has 1 aromatic carbocycles. The topological polar surface area (TPSA) is 89.3 Å². The molecule has 2 aromatic rings. The lowest BCUT2D eigenvalue weighted by atomic mass is 9.87. The molecule has 2 fully saturated rings. The van der Waals surface area contributed by atoms with Crippen LogP contribution in [0.3, 0.4) is 0 Å². The quantitative estimate of drug-likeness (QED) is 0.632. The Kier molecular flexibility index (Phi) is 7.39. The first-order valence-electron chi connectivity index (χ1n) is 12.6. The summed E-state index contributed by atoms with van der Waals surface area (Å²) in [5.74, 6) is -0.666. The zero-order valence-corrected chi connectivity index (χ0v) is 20.9. The second kappa shape index (κ2) is 10.5. The van der Waals surface area contributed by atoms with Crippen molar-refractivity contribution in [2.45, 2.75) is 70.4 Å². The molecule has 7 nitrogen and oxygen atoms in total. The Balaban J connectivity index is 1.72. The Morgan fingerprint density at radius 3 is 2.37 bits per heavy atom. The molecule has 0 radical (unpaired) electrons. The van der Waals surface area contributed by atoms with E-state index in [4.69, 9.17) is 0 Å². The fourth-order valence-electron chi connectivity index (χ4n) is 4.92. The number of anilines is 1. The number of benzene rings is 1. The molecule has 2 heterocycles. The zero-order chi connectivity index (χ0) is 25.0. The van der Waals surface area contributed by atoms with Crippen molar-refractivity contribution >= 4 is 17.5 Å². The van der Waals surface area contributed by atoms with E-state index in [1.165, 1.54) is 6.42 Å². The predicted molar refractivity (Wildman–Crippen MR) is 135 cm³/mol. The summed E-state index contributed by atoms with van der Waals surface area (Å²) in [6.45, 7) is 7.18. The second-order valence-electron chi connectivity index (χ2n) is 10.7. The van der Waals surface area contributed by atoms with Crippen LogP contribution in [0, 0.1) is 17.4 Å². The van der Waals surface area contributed by atoms with Crippen LogP contribution in [0.25, 0.3) is 0 Å². The summed E-state index contributed by atoms with van der Waals surface area (Å²) in [6.07, 6.45) is 10.7. The van der Waals surface area contributed by atoms with Crippen LogP contribution < -0.4 is 10.2 Å². The number of nitrogens with zero attached hydrogens (tertiary/aromatic N) is 4. The molecule has 1 N–H and O–H groups in total. The van der Waals surface area contributed by atoms with Crippen molar-refractivity contribution < 1.29 is 9.59 Å². The third-order valence-electron chi connectivity index (χ3n) is 7.08. The van der Waals surface area contributed by atoms with Gasteiger partial charge in [-0.1, -0.05) is 58.2 Å². The van der Waals surface area contributed by atoms with Crippen LogP contribution in [0.1, 0.15) is 70.0 Å². The van der Waals surface area contributed by atoms with Gasteiger partial charge in [-0.2, -0.15) is 5.26 Å². The molecule has 1 atom stereocenters. The monoisotopic (exact) mass is 473 g/mol. The molecular weight excluding hydrogens is 438 g/mol. The molecule has 35 heavy (non-hydrogen) atoms. The van der Waals surface area contributed by atoms with Crippen LogP contribution in [-0.2, 0) is 15.0 Å². The number of nitriles is 1. The van der Waals surface area contributed by atoms with E-state index >= 15 is 0 Å². The van der Waals surface area contributed by atoms with Crippen LogP contribution in [0.4, 0.5) is 5.69 Å². The van der Waals surface area contributed by atoms with E-state index < -0.39 is 6.04 Å². The van der Waals surface area contributed by atoms with Crippen LogP contribution in [0.5, 0.6) is 0 Å². The largest absolute Gasteiger partial charge is 0.351 e. The van der Waals surface area contributed by atoms with Gasteiger partial charge in [0.25, 0.3) is 0 Å². The van der Waals surface area contributed by atoms with E-state index in [1.54, 1.807) is 28.3 Å². The Morgan fingerprint density at radius 1 is 1.11 bits per heavy atom. The number of likely N-dealkylation sites (tertiary alicyclic amines) is 1. The summed E-state index contributed by atoms with van der Waals surface area (Å²) < 4.78 is 0. The van der Waals surface area contributed by atoms with E-state index in [9.17, 15) is 14.9 Å². The molecule has 7 heteroatoms. The molecule has 0 bridgehead atoms. The molecule has 2 aliphatic rings. The number of nitrogens with one attached hydrogen (secondary N) is 1. The summed E-state index contributed by atoms with van der Waals surface area (Å²) in [4.78, 5) is 35.1. The second-order valence-corrected chi connectivity index (χ2v) is 10.7. The van der Waals surface area contributed by atoms with Gasteiger partial charge >= 0.3 is 0 Å². The molecule has 1 saturated heterocycles. The average Bonchev–Trinajstić information content (AvgIpc) is 2.82. The fraction of sp³-hybridized carbons (Fsp3) is 0.500. The molecule has 184 valence electrons. The first-order chi connectivity index (χ1) is 16.8. The van der Waals surface area contributed by atoms with E-state index in [0.29, 0.717) is 24.3 Å². The predicted octanol–water partition coefficient (Wildman–Crippen LogP) is 4.32. The van der Waals surface area contributed by atoms with Gasteiger partial charge in [-0.05, 0) is 42.0 Å². The third kappa shape index (κ3) is 5.64. The Bertz CT molecular complexity index is 1060. The lowest BCUT2D eigenvalue weighted by molar-refractivity contribution is -0.131. The number of amides is 2. The molecular formula is C28H35N5O2. The van der Waals surface area contributed by atoms with Gasteiger partial charge in [-0.3, -0.25) is 19.5 Å². The molecule has 1 aromatic heterocycles. The van der Waals surface area contributed by atoms with E-state index in [0.717, 1.165) is 31.2 Å². The first kappa shape index (κ1) is 24.7. The average molecular weight is 474 g/mol. The third-order valence-corrected chi connectivity index (χ3v) is 7.08. The lowest BCUT2D eigenvalue weighted by Gasteiger charge is -2.40. The lowest BCUT2D eigenvalue weighted by Crippen LogP contribution is -2.55. The van der Waals surface area contributed by atoms with Crippen LogP contribution >= 0.6 is 0 Å². The maximum Gasteiger partial charge on any atom is 0.248 e. The molecule has 1 aliphatic heterocycles. The number of hydrogen-bond donors (Lipinski definition) is 1. The smallest absolute Gasteiger partial charge is 0.248 e. The van der Waals surface area contributed by atoms with Gasteiger partial charge in [0.15, 0.2) is 6.19 Å². The van der Waals surface area contributed by atoms with Crippen molar-refractivity contribution in [1.82, 2.24) is 15.2 Å².